The Labute approximate surface area is 130 Å². The minimum atomic E-state index is 0.0924. The zero-order valence-corrected chi connectivity index (χ0v) is 13.2. The van der Waals surface area contributed by atoms with E-state index in [1.807, 2.05) is 19.1 Å². The highest BCUT2D eigenvalue weighted by atomic mass is 35.5. The van der Waals surface area contributed by atoms with Crippen molar-refractivity contribution in [3.8, 4) is 0 Å². The lowest BCUT2D eigenvalue weighted by atomic mass is 9.96. The summed E-state index contributed by atoms with van der Waals surface area (Å²) >= 11 is 12.1. The molecule has 1 fully saturated rings. The van der Waals surface area contributed by atoms with Crippen LogP contribution in [0.25, 0.3) is 0 Å². The third kappa shape index (κ3) is 4.11. The molecule has 0 bridgehead atoms. The number of nitrogens with zero attached hydrogens (tertiary/aromatic N) is 1. The second kappa shape index (κ2) is 7.30. The molecule has 1 atom stereocenters. The van der Waals surface area contributed by atoms with Gasteiger partial charge in [0.05, 0.1) is 5.92 Å². The van der Waals surface area contributed by atoms with E-state index in [1.54, 1.807) is 6.07 Å². The van der Waals surface area contributed by atoms with Crippen LogP contribution in [-0.4, -0.2) is 30.4 Å². The van der Waals surface area contributed by atoms with Crippen LogP contribution in [0.4, 0.5) is 0 Å². The van der Waals surface area contributed by atoms with Crippen molar-refractivity contribution in [2.45, 2.75) is 26.3 Å². The molecule has 0 aromatic heterocycles. The van der Waals surface area contributed by atoms with Crippen molar-refractivity contribution in [3.63, 3.8) is 0 Å². The van der Waals surface area contributed by atoms with Crippen LogP contribution in [0, 0.1) is 5.92 Å². The van der Waals surface area contributed by atoms with Gasteiger partial charge in [-0.2, -0.15) is 0 Å². The highest BCUT2D eigenvalue weighted by Crippen LogP contribution is 2.24. The Morgan fingerprint density at radius 3 is 2.95 bits per heavy atom. The maximum atomic E-state index is 11.9. The quantitative estimate of drug-likeness (QED) is 0.924. The van der Waals surface area contributed by atoms with Crippen molar-refractivity contribution in [1.82, 2.24) is 10.2 Å². The molecule has 0 radical (unpaired) electrons. The molecule has 1 aromatic carbocycles. The van der Waals surface area contributed by atoms with Gasteiger partial charge in [-0.3, -0.25) is 9.69 Å². The number of likely N-dealkylation sites (tertiary alicyclic amines) is 1. The molecule has 0 spiro atoms. The van der Waals surface area contributed by atoms with Crippen LogP contribution in [0.3, 0.4) is 0 Å². The van der Waals surface area contributed by atoms with E-state index in [1.165, 1.54) is 0 Å². The predicted molar refractivity (Wildman–Crippen MR) is 83.1 cm³/mol. The van der Waals surface area contributed by atoms with Gasteiger partial charge in [0.25, 0.3) is 0 Å². The highest BCUT2D eigenvalue weighted by Gasteiger charge is 2.25. The zero-order chi connectivity index (χ0) is 14.5. The molecule has 0 unspecified atom stereocenters. The summed E-state index contributed by atoms with van der Waals surface area (Å²) in [4.78, 5) is 14.2. The Balaban J connectivity index is 1.97. The monoisotopic (exact) mass is 314 g/mol. The van der Waals surface area contributed by atoms with Gasteiger partial charge in [0.2, 0.25) is 5.91 Å². The zero-order valence-electron chi connectivity index (χ0n) is 11.7. The number of benzene rings is 1. The molecule has 0 saturated carbocycles. The number of piperidine rings is 1. The first kappa shape index (κ1) is 15.6. The SMILES string of the molecule is CCNC(=O)[C@@H]1CCCN(Cc2ccc(Cl)cc2Cl)C1. The van der Waals surface area contributed by atoms with E-state index in [0.717, 1.165) is 38.0 Å². The summed E-state index contributed by atoms with van der Waals surface area (Å²) in [5, 5.41) is 4.25. The van der Waals surface area contributed by atoms with Gasteiger partial charge in [0.1, 0.15) is 0 Å². The molecule has 1 aromatic rings. The molecule has 2 rings (SSSR count). The van der Waals surface area contributed by atoms with E-state index in [2.05, 4.69) is 10.2 Å². The van der Waals surface area contributed by atoms with Crippen molar-refractivity contribution < 1.29 is 4.79 Å². The lowest BCUT2D eigenvalue weighted by molar-refractivity contribution is -0.126. The van der Waals surface area contributed by atoms with Gasteiger partial charge in [0.15, 0.2) is 0 Å². The maximum Gasteiger partial charge on any atom is 0.224 e. The van der Waals surface area contributed by atoms with Gasteiger partial charge in [-0.1, -0.05) is 29.3 Å². The number of hydrogen-bond acceptors (Lipinski definition) is 2. The van der Waals surface area contributed by atoms with Crippen LogP contribution in [0.1, 0.15) is 25.3 Å². The molecule has 3 nitrogen and oxygen atoms in total. The predicted octanol–water partition coefficient (Wildman–Crippen LogP) is 3.34. The molecule has 20 heavy (non-hydrogen) atoms. The first-order valence-electron chi connectivity index (χ1n) is 7.04. The van der Waals surface area contributed by atoms with E-state index < -0.39 is 0 Å². The van der Waals surface area contributed by atoms with Gasteiger partial charge >= 0.3 is 0 Å². The third-order valence-corrected chi connectivity index (χ3v) is 4.22. The van der Waals surface area contributed by atoms with Gasteiger partial charge in [-0.05, 0) is 44.0 Å². The molecule has 1 aliphatic rings. The summed E-state index contributed by atoms with van der Waals surface area (Å²) < 4.78 is 0. The number of carbonyl (C=O) groups is 1. The fourth-order valence-electron chi connectivity index (χ4n) is 2.62. The van der Waals surface area contributed by atoms with Crippen molar-refractivity contribution in [2.75, 3.05) is 19.6 Å². The topological polar surface area (TPSA) is 32.3 Å². The van der Waals surface area contributed by atoms with Gasteiger partial charge < -0.3 is 5.32 Å². The molecular formula is C15H20Cl2N2O. The Bertz CT molecular complexity index is 479. The summed E-state index contributed by atoms with van der Waals surface area (Å²) in [5.41, 5.74) is 1.06. The fraction of sp³-hybridized carbons (Fsp3) is 0.533. The summed E-state index contributed by atoms with van der Waals surface area (Å²) in [7, 11) is 0. The molecule has 110 valence electrons. The van der Waals surface area contributed by atoms with Crippen molar-refractivity contribution in [2.24, 2.45) is 5.92 Å². The first-order chi connectivity index (χ1) is 9.60. The second-order valence-corrected chi connectivity index (χ2v) is 6.05. The molecular weight excluding hydrogens is 295 g/mol. The molecule has 1 saturated heterocycles. The standard InChI is InChI=1S/C15H20Cl2N2O/c1-2-18-15(20)12-4-3-7-19(10-12)9-11-5-6-13(16)8-14(11)17/h5-6,8,12H,2-4,7,9-10H2,1H3,(H,18,20)/t12-/m1/s1. The van der Waals surface area contributed by atoms with Crippen LogP contribution >= 0.6 is 23.2 Å². The van der Waals surface area contributed by atoms with E-state index in [9.17, 15) is 4.79 Å². The second-order valence-electron chi connectivity index (χ2n) is 5.20. The van der Waals surface area contributed by atoms with E-state index in [4.69, 9.17) is 23.2 Å². The van der Waals surface area contributed by atoms with E-state index in [-0.39, 0.29) is 11.8 Å². The van der Waals surface area contributed by atoms with Gasteiger partial charge in [-0.25, -0.2) is 0 Å². The lowest BCUT2D eigenvalue weighted by Crippen LogP contribution is -2.42. The summed E-state index contributed by atoms with van der Waals surface area (Å²) in [6.45, 7) is 5.22. The Kier molecular flexibility index (Phi) is 5.70. The van der Waals surface area contributed by atoms with Crippen molar-refractivity contribution >= 4 is 29.1 Å². The first-order valence-corrected chi connectivity index (χ1v) is 7.79. The smallest absolute Gasteiger partial charge is 0.224 e. The largest absolute Gasteiger partial charge is 0.356 e. The average Bonchev–Trinajstić information content (AvgIpc) is 2.43. The fourth-order valence-corrected chi connectivity index (χ4v) is 3.09. The van der Waals surface area contributed by atoms with Crippen molar-refractivity contribution in [1.29, 1.82) is 0 Å². The van der Waals surface area contributed by atoms with Crippen LogP contribution in [0.15, 0.2) is 18.2 Å². The summed E-state index contributed by atoms with van der Waals surface area (Å²) in [6.07, 6.45) is 2.02. The Hall–Kier alpha value is -0.770. The molecule has 1 aliphatic heterocycles. The average molecular weight is 315 g/mol. The third-order valence-electron chi connectivity index (χ3n) is 3.64. The lowest BCUT2D eigenvalue weighted by Gasteiger charge is -2.32. The normalized spacial score (nSPS) is 19.9. The molecule has 5 heteroatoms. The van der Waals surface area contributed by atoms with Gasteiger partial charge in [-0.15, -0.1) is 0 Å². The minimum Gasteiger partial charge on any atom is -0.356 e. The number of nitrogens with one attached hydrogen (secondary N) is 1. The van der Waals surface area contributed by atoms with Crippen LogP contribution in [0.2, 0.25) is 10.0 Å². The maximum absolute atomic E-state index is 11.9. The Morgan fingerprint density at radius 2 is 2.25 bits per heavy atom. The summed E-state index contributed by atoms with van der Waals surface area (Å²) in [6, 6.07) is 5.58. The van der Waals surface area contributed by atoms with Gasteiger partial charge in [0, 0.05) is 29.7 Å². The number of rotatable bonds is 4. The number of carbonyl (C=O) groups excluding carboxylic acids is 1. The number of halogens is 2. The van der Waals surface area contributed by atoms with Crippen LogP contribution < -0.4 is 5.32 Å². The van der Waals surface area contributed by atoms with Crippen molar-refractivity contribution in [3.05, 3.63) is 33.8 Å². The van der Waals surface area contributed by atoms with E-state index in [0.29, 0.717) is 16.6 Å². The molecule has 1 heterocycles. The van der Waals surface area contributed by atoms with Crippen LogP contribution in [0.5, 0.6) is 0 Å². The molecule has 1 amide bonds. The number of amides is 1. The highest BCUT2D eigenvalue weighted by molar-refractivity contribution is 6.35. The number of hydrogen-bond donors (Lipinski definition) is 1. The molecule has 1 N–H and O–H groups in total. The Morgan fingerprint density at radius 1 is 1.45 bits per heavy atom. The van der Waals surface area contributed by atoms with Crippen LogP contribution in [-0.2, 0) is 11.3 Å². The summed E-state index contributed by atoms with van der Waals surface area (Å²) in [5.74, 6) is 0.258. The molecule has 0 aliphatic carbocycles. The van der Waals surface area contributed by atoms with E-state index >= 15 is 0 Å². The minimum absolute atomic E-state index is 0.0924.